The molecule has 0 aliphatic heterocycles. The van der Waals surface area contributed by atoms with E-state index in [1.54, 1.807) is 0 Å². The van der Waals surface area contributed by atoms with Gasteiger partial charge in [-0.05, 0) is 37.8 Å². The summed E-state index contributed by atoms with van der Waals surface area (Å²) in [5.41, 5.74) is -1.01. The number of nitro groups is 1. The van der Waals surface area contributed by atoms with Gasteiger partial charge in [0.05, 0.1) is 22.0 Å². The summed E-state index contributed by atoms with van der Waals surface area (Å²) in [5, 5.41) is 20.1. The lowest BCUT2D eigenvalue weighted by molar-refractivity contribution is -0.384. The first-order valence-electron chi connectivity index (χ1n) is 6.30. The zero-order chi connectivity index (χ0) is 15.8. The van der Waals surface area contributed by atoms with Crippen molar-refractivity contribution in [2.75, 3.05) is 6.61 Å². The minimum Gasteiger partial charge on any atom is -0.394 e. The number of nitrogens with zero attached hydrogens (tertiary/aromatic N) is 1. The fraction of sp³-hybridized carbons (Fsp3) is 0.500. The van der Waals surface area contributed by atoms with Crippen molar-refractivity contribution in [3.05, 3.63) is 32.8 Å². The number of hydrogen-bond donors (Lipinski definition) is 2. The van der Waals surface area contributed by atoms with Crippen molar-refractivity contribution < 1.29 is 18.4 Å². The quantitative estimate of drug-likeness (QED) is 0.629. The highest BCUT2D eigenvalue weighted by atomic mass is 35.5. The van der Waals surface area contributed by atoms with Gasteiger partial charge in [0.1, 0.15) is 5.02 Å². The average molecular weight is 335 g/mol. The molecule has 0 aromatic heterocycles. The summed E-state index contributed by atoms with van der Waals surface area (Å²) in [5.74, 6) is 0. The van der Waals surface area contributed by atoms with Crippen molar-refractivity contribution in [3.63, 3.8) is 0 Å². The molecular weight excluding hydrogens is 320 g/mol. The van der Waals surface area contributed by atoms with Crippen LogP contribution in [0, 0.1) is 17.0 Å². The summed E-state index contributed by atoms with van der Waals surface area (Å²) >= 11 is 5.75. The fourth-order valence-electron chi connectivity index (χ4n) is 2.31. The summed E-state index contributed by atoms with van der Waals surface area (Å²) in [4.78, 5) is 9.96. The van der Waals surface area contributed by atoms with E-state index in [4.69, 9.17) is 11.6 Å². The zero-order valence-electron chi connectivity index (χ0n) is 11.3. The van der Waals surface area contributed by atoms with E-state index in [1.807, 2.05) is 0 Å². The van der Waals surface area contributed by atoms with Crippen molar-refractivity contribution in [1.29, 1.82) is 0 Å². The number of rotatable bonds is 5. The molecule has 0 bridgehead atoms. The van der Waals surface area contributed by atoms with Gasteiger partial charge in [-0.2, -0.15) is 0 Å². The summed E-state index contributed by atoms with van der Waals surface area (Å²) in [6.07, 6.45) is 1.90. The average Bonchev–Trinajstić information content (AvgIpc) is 2.33. The van der Waals surface area contributed by atoms with Gasteiger partial charge in [-0.1, -0.05) is 11.6 Å². The van der Waals surface area contributed by atoms with Crippen molar-refractivity contribution in [3.8, 4) is 0 Å². The molecule has 9 heteroatoms. The molecule has 2 rings (SSSR count). The van der Waals surface area contributed by atoms with E-state index in [0.29, 0.717) is 18.4 Å². The summed E-state index contributed by atoms with van der Waals surface area (Å²) < 4.78 is 27.3. The maximum Gasteiger partial charge on any atom is 0.289 e. The van der Waals surface area contributed by atoms with Crippen molar-refractivity contribution in [2.45, 2.75) is 36.6 Å². The Balaban J connectivity index is 2.45. The van der Waals surface area contributed by atoms with Gasteiger partial charge in [0.2, 0.25) is 10.0 Å². The molecule has 116 valence electrons. The Bertz CT molecular complexity index is 680. The number of sulfonamides is 1. The second kappa shape index (κ2) is 5.53. The normalized spacial score (nSPS) is 17.3. The van der Waals surface area contributed by atoms with Gasteiger partial charge >= 0.3 is 0 Å². The standard InChI is InChI=1S/C12H15ClN2O5S/c1-8-5-9(13)10(15(17)18)6-11(8)21(19,20)14-12(7-16)3-2-4-12/h5-6,14,16H,2-4,7H2,1H3. The highest BCUT2D eigenvalue weighted by Gasteiger charge is 2.41. The second-order valence-electron chi connectivity index (χ2n) is 5.22. The number of benzene rings is 1. The van der Waals surface area contributed by atoms with Crippen LogP contribution in [-0.2, 0) is 10.0 Å². The van der Waals surface area contributed by atoms with Crippen LogP contribution in [0.15, 0.2) is 17.0 Å². The molecule has 1 aromatic carbocycles. The van der Waals surface area contributed by atoms with E-state index < -0.39 is 26.2 Å². The van der Waals surface area contributed by atoms with Gasteiger partial charge in [0.25, 0.3) is 5.69 Å². The van der Waals surface area contributed by atoms with Crippen LogP contribution >= 0.6 is 11.6 Å². The number of aliphatic hydroxyl groups excluding tert-OH is 1. The second-order valence-corrected chi connectivity index (χ2v) is 7.28. The molecule has 21 heavy (non-hydrogen) atoms. The third kappa shape index (κ3) is 3.03. The summed E-state index contributed by atoms with van der Waals surface area (Å²) in [7, 11) is -3.97. The Morgan fingerprint density at radius 3 is 2.52 bits per heavy atom. The fourth-order valence-corrected chi connectivity index (χ4v) is 4.29. The molecule has 1 aliphatic carbocycles. The van der Waals surface area contributed by atoms with Gasteiger partial charge in [0, 0.05) is 6.07 Å². The number of hydrogen-bond acceptors (Lipinski definition) is 5. The molecular formula is C12H15ClN2O5S. The van der Waals surface area contributed by atoms with E-state index in [9.17, 15) is 23.6 Å². The van der Waals surface area contributed by atoms with Gasteiger partial charge < -0.3 is 5.11 Å². The third-order valence-electron chi connectivity index (χ3n) is 3.69. The monoisotopic (exact) mass is 334 g/mol. The summed E-state index contributed by atoms with van der Waals surface area (Å²) in [6.45, 7) is 1.21. The Kier molecular flexibility index (Phi) is 4.25. The predicted octanol–water partition coefficient (Wildman–Crippen LogP) is 1.75. The first-order chi connectivity index (χ1) is 9.71. The SMILES string of the molecule is Cc1cc(Cl)c([N+](=O)[O-])cc1S(=O)(=O)NC1(CO)CCC1. The van der Waals surface area contributed by atoms with Crippen molar-refractivity contribution in [2.24, 2.45) is 0 Å². The number of nitro benzene ring substituents is 1. The molecule has 7 nitrogen and oxygen atoms in total. The zero-order valence-corrected chi connectivity index (χ0v) is 12.9. The minimum atomic E-state index is -3.97. The Labute approximate surface area is 127 Å². The molecule has 0 spiro atoms. The highest BCUT2D eigenvalue weighted by molar-refractivity contribution is 7.89. The number of aryl methyl sites for hydroxylation is 1. The lowest BCUT2D eigenvalue weighted by Crippen LogP contribution is -2.56. The van der Waals surface area contributed by atoms with Crippen molar-refractivity contribution >= 4 is 27.3 Å². The van der Waals surface area contributed by atoms with Gasteiger partial charge in [-0.25, -0.2) is 13.1 Å². The molecule has 2 N–H and O–H groups in total. The molecule has 0 radical (unpaired) electrons. The maximum atomic E-state index is 12.4. The molecule has 0 heterocycles. The van der Waals surface area contributed by atoms with Crippen LogP contribution in [0.5, 0.6) is 0 Å². The van der Waals surface area contributed by atoms with Crippen LogP contribution in [-0.4, -0.2) is 30.6 Å². The van der Waals surface area contributed by atoms with Gasteiger partial charge in [-0.3, -0.25) is 10.1 Å². The number of aliphatic hydroxyl groups is 1. The minimum absolute atomic E-state index is 0.114. The maximum absolute atomic E-state index is 12.4. The van der Waals surface area contributed by atoms with E-state index in [-0.39, 0.29) is 16.5 Å². The lowest BCUT2D eigenvalue weighted by atomic mass is 9.78. The first-order valence-corrected chi connectivity index (χ1v) is 8.16. The molecule has 1 aliphatic rings. The number of nitrogens with one attached hydrogen (secondary N) is 1. The molecule has 1 saturated carbocycles. The Hall–Kier alpha value is -1.22. The lowest BCUT2D eigenvalue weighted by Gasteiger charge is -2.40. The number of halogens is 1. The molecule has 0 amide bonds. The summed E-state index contributed by atoms with van der Waals surface area (Å²) in [6, 6.07) is 2.20. The molecule has 1 fully saturated rings. The van der Waals surface area contributed by atoms with Crippen LogP contribution in [0.2, 0.25) is 5.02 Å². The predicted molar refractivity (Wildman–Crippen MR) is 76.8 cm³/mol. The van der Waals surface area contributed by atoms with Crippen LogP contribution < -0.4 is 4.72 Å². The van der Waals surface area contributed by atoms with Crippen LogP contribution in [0.1, 0.15) is 24.8 Å². The Morgan fingerprint density at radius 1 is 1.48 bits per heavy atom. The van der Waals surface area contributed by atoms with E-state index in [2.05, 4.69) is 4.72 Å². The van der Waals surface area contributed by atoms with Gasteiger partial charge in [-0.15, -0.1) is 0 Å². The van der Waals surface area contributed by atoms with E-state index >= 15 is 0 Å². The molecule has 1 aromatic rings. The molecule has 0 saturated heterocycles. The van der Waals surface area contributed by atoms with Crippen LogP contribution in [0.4, 0.5) is 5.69 Å². The van der Waals surface area contributed by atoms with Crippen LogP contribution in [0.25, 0.3) is 0 Å². The third-order valence-corrected chi connectivity index (χ3v) is 5.72. The van der Waals surface area contributed by atoms with Crippen molar-refractivity contribution in [1.82, 2.24) is 4.72 Å². The molecule has 0 atom stereocenters. The van der Waals surface area contributed by atoms with E-state index in [0.717, 1.165) is 12.5 Å². The smallest absolute Gasteiger partial charge is 0.289 e. The van der Waals surface area contributed by atoms with Crippen LogP contribution in [0.3, 0.4) is 0 Å². The van der Waals surface area contributed by atoms with Gasteiger partial charge in [0.15, 0.2) is 0 Å². The topological polar surface area (TPSA) is 110 Å². The molecule has 0 unspecified atom stereocenters. The first kappa shape index (κ1) is 16.2. The highest BCUT2D eigenvalue weighted by Crippen LogP contribution is 2.35. The largest absolute Gasteiger partial charge is 0.394 e. The van der Waals surface area contributed by atoms with E-state index in [1.165, 1.54) is 13.0 Å². The Morgan fingerprint density at radius 2 is 2.10 bits per heavy atom.